The van der Waals surface area contributed by atoms with E-state index in [1.165, 1.54) is 5.56 Å². The molecular formula is C13H15ClN2O. The Hall–Kier alpha value is -1.06. The maximum absolute atomic E-state index is 10.0. The fourth-order valence-corrected chi connectivity index (χ4v) is 2.80. The Labute approximate surface area is 106 Å². The van der Waals surface area contributed by atoms with E-state index in [9.17, 15) is 5.11 Å². The molecule has 3 nitrogen and oxygen atoms in total. The van der Waals surface area contributed by atoms with Crippen LogP contribution in [0.15, 0.2) is 17.1 Å². The molecular weight excluding hydrogens is 236 g/mol. The first-order valence-corrected chi connectivity index (χ1v) is 6.23. The van der Waals surface area contributed by atoms with Gasteiger partial charge in [0.25, 0.3) is 0 Å². The number of fused-ring (bicyclic) bond motifs is 1. The summed E-state index contributed by atoms with van der Waals surface area (Å²) in [6.07, 6.45) is 2.65. The molecule has 1 aromatic rings. The highest BCUT2D eigenvalue weighted by Crippen LogP contribution is 2.34. The van der Waals surface area contributed by atoms with Gasteiger partial charge >= 0.3 is 0 Å². The lowest BCUT2D eigenvalue weighted by atomic mass is 10.1. The first-order chi connectivity index (χ1) is 8.05. The van der Waals surface area contributed by atoms with Crippen molar-refractivity contribution in [1.29, 1.82) is 0 Å². The molecule has 4 heteroatoms. The summed E-state index contributed by atoms with van der Waals surface area (Å²) in [5.41, 5.74) is 2.76. The van der Waals surface area contributed by atoms with Gasteiger partial charge in [-0.05, 0) is 36.6 Å². The molecule has 0 aromatic heterocycles. The van der Waals surface area contributed by atoms with Crippen molar-refractivity contribution in [1.82, 2.24) is 0 Å². The largest absolute Gasteiger partial charge is 0.388 e. The molecule has 2 aliphatic heterocycles. The summed E-state index contributed by atoms with van der Waals surface area (Å²) >= 11 is 6.30. The van der Waals surface area contributed by atoms with Crippen molar-refractivity contribution in [3.05, 3.63) is 28.3 Å². The molecule has 17 heavy (non-hydrogen) atoms. The molecule has 0 spiro atoms. The van der Waals surface area contributed by atoms with E-state index in [4.69, 9.17) is 11.6 Å². The van der Waals surface area contributed by atoms with Crippen molar-refractivity contribution in [2.24, 2.45) is 4.99 Å². The lowest BCUT2D eigenvalue weighted by Crippen LogP contribution is -2.29. The molecule has 3 rings (SSSR count). The standard InChI is InChI=1S/C13H15ClN2O/c1-13(17)2-3-16(8-13)12-5-10-7-15-6-9(10)4-11(12)14/h4-6,17H,2-3,7-8H2,1H3. The zero-order valence-corrected chi connectivity index (χ0v) is 10.5. The number of halogens is 1. The third-order valence-electron chi connectivity index (χ3n) is 3.49. The molecule has 1 aromatic carbocycles. The van der Waals surface area contributed by atoms with Crippen molar-refractivity contribution in [3.8, 4) is 0 Å². The molecule has 2 aliphatic rings. The van der Waals surface area contributed by atoms with E-state index in [0.29, 0.717) is 6.54 Å². The van der Waals surface area contributed by atoms with Gasteiger partial charge in [0.2, 0.25) is 0 Å². The molecule has 90 valence electrons. The average molecular weight is 251 g/mol. The lowest BCUT2D eigenvalue weighted by molar-refractivity contribution is 0.0839. The van der Waals surface area contributed by atoms with Gasteiger partial charge < -0.3 is 10.0 Å². The van der Waals surface area contributed by atoms with Gasteiger partial charge in [0.05, 0.1) is 22.9 Å². The Morgan fingerprint density at radius 3 is 3.00 bits per heavy atom. The van der Waals surface area contributed by atoms with Crippen LogP contribution in [-0.2, 0) is 6.54 Å². The van der Waals surface area contributed by atoms with E-state index in [1.807, 2.05) is 19.2 Å². The number of nitrogens with zero attached hydrogens (tertiary/aromatic N) is 2. The summed E-state index contributed by atoms with van der Waals surface area (Å²) in [6.45, 7) is 4.11. The molecule has 2 heterocycles. The fourth-order valence-electron chi connectivity index (χ4n) is 2.51. The van der Waals surface area contributed by atoms with Gasteiger partial charge in [-0.2, -0.15) is 0 Å². The third-order valence-corrected chi connectivity index (χ3v) is 3.80. The third kappa shape index (κ3) is 1.94. The number of rotatable bonds is 1. The molecule has 0 amide bonds. The van der Waals surface area contributed by atoms with Gasteiger partial charge in [-0.15, -0.1) is 0 Å². The molecule has 1 unspecified atom stereocenters. The van der Waals surface area contributed by atoms with Gasteiger partial charge in [0.1, 0.15) is 0 Å². The van der Waals surface area contributed by atoms with Crippen LogP contribution in [0.3, 0.4) is 0 Å². The van der Waals surface area contributed by atoms with Gasteiger partial charge in [-0.25, -0.2) is 0 Å². The lowest BCUT2D eigenvalue weighted by Gasteiger charge is -2.22. The number of anilines is 1. The first-order valence-electron chi connectivity index (χ1n) is 5.85. The SMILES string of the molecule is CC1(O)CCN(c2cc3c(cc2Cl)C=NC3)C1. The Kier molecular flexibility index (Phi) is 2.42. The predicted octanol–water partition coefficient (Wildman–Crippen LogP) is 2.23. The minimum atomic E-state index is -0.598. The van der Waals surface area contributed by atoms with Crippen LogP contribution in [-0.4, -0.2) is 30.0 Å². The van der Waals surface area contributed by atoms with E-state index in [-0.39, 0.29) is 0 Å². The van der Waals surface area contributed by atoms with Crippen LogP contribution in [0.4, 0.5) is 5.69 Å². The van der Waals surface area contributed by atoms with Crippen molar-refractivity contribution in [2.45, 2.75) is 25.5 Å². The van der Waals surface area contributed by atoms with Gasteiger partial charge in [-0.1, -0.05) is 11.6 Å². The minimum Gasteiger partial charge on any atom is -0.388 e. The van der Waals surface area contributed by atoms with Gasteiger partial charge in [0, 0.05) is 19.3 Å². The van der Waals surface area contributed by atoms with Crippen LogP contribution in [0.25, 0.3) is 0 Å². The van der Waals surface area contributed by atoms with E-state index in [1.54, 1.807) is 0 Å². The summed E-state index contributed by atoms with van der Waals surface area (Å²) in [5.74, 6) is 0. The van der Waals surface area contributed by atoms with Crippen LogP contribution >= 0.6 is 11.6 Å². The van der Waals surface area contributed by atoms with Crippen molar-refractivity contribution >= 4 is 23.5 Å². The molecule has 0 aliphatic carbocycles. The van der Waals surface area contributed by atoms with Crippen LogP contribution < -0.4 is 4.90 Å². The highest BCUT2D eigenvalue weighted by Gasteiger charge is 2.32. The summed E-state index contributed by atoms with van der Waals surface area (Å²) in [6, 6.07) is 4.07. The van der Waals surface area contributed by atoms with Crippen LogP contribution in [0.2, 0.25) is 5.02 Å². The molecule has 0 radical (unpaired) electrons. The van der Waals surface area contributed by atoms with Crippen LogP contribution in [0.5, 0.6) is 0 Å². The quantitative estimate of drug-likeness (QED) is 0.830. The van der Waals surface area contributed by atoms with Gasteiger partial charge in [0.15, 0.2) is 0 Å². The van der Waals surface area contributed by atoms with E-state index in [0.717, 1.165) is 35.8 Å². The van der Waals surface area contributed by atoms with E-state index in [2.05, 4.69) is 16.0 Å². The summed E-state index contributed by atoms with van der Waals surface area (Å²) in [4.78, 5) is 6.39. The van der Waals surface area contributed by atoms with Crippen molar-refractivity contribution in [2.75, 3.05) is 18.0 Å². The number of β-amino-alcohol motifs (C(OH)–C–C–N with tert-alkyl or cyclic N) is 1. The summed E-state index contributed by atoms with van der Waals surface area (Å²) in [7, 11) is 0. The second-order valence-corrected chi connectivity index (χ2v) is 5.55. The van der Waals surface area contributed by atoms with E-state index < -0.39 is 5.60 Å². The highest BCUT2D eigenvalue weighted by molar-refractivity contribution is 6.33. The molecule has 0 saturated carbocycles. The monoisotopic (exact) mass is 250 g/mol. The van der Waals surface area contributed by atoms with Crippen molar-refractivity contribution in [3.63, 3.8) is 0 Å². The maximum Gasteiger partial charge on any atom is 0.0810 e. The Bertz CT molecular complexity index is 496. The van der Waals surface area contributed by atoms with Gasteiger partial charge in [-0.3, -0.25) is 4.99 Å². The van der Waals surface area contributed by atoms with Crippen LogP contribution in [0.1, 0.15) is 24.5 Å². The zero-order chi connectivity index (χ0) is 12.0. The normalized spacial score (nSPS) is 26.6. The second kappa shape index (κ2) is 3.72. The Morgan fingerprint density at radius 1 is 1.47 bits per heavy atom. The van der Waals surface area contributed by atoms with E-state index >= 15 is 0 Å². The first kappa shape index (κ1) is 11.1. The Balaban J connectivity index is 1.95. The molecule has 1 atom stereocenters. The fraction of sp³-hybridized carbons (Fsp3) is 0.462. The number of aliphatic hydroxyl groups is 1. The maximum atomic E-state index is 10.0. The Morgan fingerprint density at radius 2 is 2.29 bits per heavy atom. The summed E-state index contributed by atoms with van der Waals surface area (Å²) < 4.78 is 0. The number of aliphatic imine (C=N–C) groups is 1. The van der Waals surface area contributed by atoms with Crippen LogP contribution in [0, 0.1) is 0 Å². The number of benzene rings is 1. The highest BCUT2D eigenvalue weighted by atomic mass is 35.5. The smallest absolute Gasteiger partial charge is 0.0810 e. The predicted molar refractivity (Wildman–Crippen MR) is 70.2 cm³/mol. The summed E-state index contributed by atoms with van der Waals surface area (Å²) in [5, 5.41) is 10.7. The topological polar surface area (TPSA) is 35.8 Å². The average Bonchev–Trinajstić information content (AvgIpc) is 2.82. The van der Waals surface area contributed by atoms with Crippen molar-refractivity contribution < 1.29 is 5.11 Å². The molecule has 0 bridgehead atoms. The number of hydrogen-bond donors (Lipinski definition) is 1. The molecule has 1 N–H and O–H groups in total. The zero-order valence-electron chi connectivity index (χ0n) is 9.78. The molecule has 1 saturated heterocycles. The number of hydrogen-bond acceptors (Lipinski definition) is 3. The second-order valence-electron chi connectivity index (χ2n) is 5.14. The molecule has 1 fully saturated rings. The minimum absolute atomic E-state index is 0.598.